The maximum Gasteiger partial charge on any atom is 0.213 e. The van der Waals surface area contributed by atoms with E-state index in [1.807, 2.05) is 18.2 Å². The fourth-order valence-electron chi connectivity index (χ4n) is 2.57. The predicted molar refractivity (Wildman–Crippen MR) is 87.3 cm³/mol. The van der Waals surface area contributed by atoms with Gasteiger partial charge in [-0.15, -0.1) is 0 Å². The highest BCUT2D eigenvalue weighted by Crippen LogP contribution is 2.27. The number of hydrogen-bond donors (Lipinski definition) is 1. The Kier molecular flexibility index (Phi) is 4.14. The van der Waals surface area contributed by atoms with Gasteiger partial charge in [-0.25, -0.2) is 17.7 Å². The summed E-state index contributed by atoms with van der Waals surface area (Å²) < 4.78 is 26.4. The van der Waals surface area contributed by atoms with Crippen LogP contribution in [0.5, 0.6) is 0 Å². The first-order chi connectivity index (χ1) is 10.1. The number of anilines is 1. The van der Waals surface area contributed by atoms with Crippen molar-refractivity contribution in [1.82, 2.24) is 9.29 Å². The van der Waals surface area contributed by atoms with Gasteiger partial charge in [0.1, 0.15) is 0 Å². The molecule has 0 saturated carbocycles. The van der Waals surface area contributed by atoms with Crippen LogP contribution in [0.25, 0.3) is 10.2 Å². The molecule has 1 aromatic heterocycles. The molecule has 0 aliphatic carbocycles. The van der Waals surface area contributed by atoms with Gasteiger partial charge in [0.05, 0.1) is 16.0 Å². The van der Waals surface area contributed by atoms with Gasteiger partial charge in [-0.05, 0) is 31.9 Å². The molecule has 0 bridgehead atoms. The molecule has 0 amide bonds. The maximum atomic E-state index is 11.8. The van der Waals surface area contributed by atoms with Gasteiger partial charge in [0.2, 0.25) is 10.0 Å². The van der Waals surface area contributed by atoms with Crippen LogP contribution in [0, 0.1) is 0 Å². The van der Waals surface area contributed by atoms with E-state index in [0.717, 1.165) is 23.5 Å². The average molecular weight is 325 g/mol. The molecule has 0 spiro atoms. The van der Waals surface area contributed by atoms with Crippen molar-refractivity contribution in [2.45, 2.75) is 25.8 Å². The van der Waals surface area contributed by atoms with Gasteiger partial charge in [0, 0.05) is 19.1 Å². The second kappa shape index (κ2) is 5.90. The predicted octanol–water partition coefficient (Wildman–Crippen LogP) is 2.52. The molecule has 1 fully saturated rings. The van der Waals surface area contributed by atoms with Crippen LogP contribution in [0.2, 0.25) is 0 Å². The van der Waals surface area contributed by atoms with Crippen LogP contribution in [-0.2, 0) is 10.0 Å². The SMILES string of the molecule is CCS(=O)(=O)N1CCC(Nc2nc3ccccc3s2)CC1. The Balaban J connectivity index is 1.63. The lowest BCUT2D eigenvalue weighted by atomic mass is 10.1. The molecule has 1 aliphatic heterocycles. The number of hydrogen-bond acceptors (Lipinski definition) is 5. The van der Waals surface area contributed by atoms with Crippen LogP contribution in [0.1, 0.15) is 19.8 Å². The molecular weight excluding hydrogens is 306 g/mol. The van der Waals surface area contributed by atoms with Crippen LogP contribution < -0.4 is 5.32 Å². The molecular formula is C14H19N3O2S2. The van der Waals surface area contributed by atoms with Crippen molar-refractivity contribution in [3.05, 3.63) is 24.3 Å². The van der Waals surface area contributed by atoms with Gasteiger partial charge in [0.15, 0.2) is 5.13 Å². The number of thiazole rings is 1. The fourth-order valence-corrected chi connectivity index (χ4v) is 4.64. The van der Waals surface area contributed by atoms with Crippen LogP contribution in [0.15, 0.2) is 24.3 Å². The van der Waals surface area contributed by atoms with Gasteiger partial charge in [-0.2, -0.15) is 0 Å². The first-order valence-corrected chi connectivity index (χ1v) is 9.61. The van der Waals surface area contributed by atoms with E-state index in [-0.39, 0.29) is 5.75 Å². The van der Waals surface area contributed by atoms with Crippen LogP contribution >= 0.6 is 11.3 Å². The number of aromatic nitrogens is 1. The van der Waals surface area contributed by atoms with Crippen LogP contribution in [-0.4, -0.2) is 42.6 Å². The van der Waals surface area contributed by atoms with Crippen molar-refractivity contribution in [3.8, 4) is 0 Å². The third kappa shape index (κ3) is 3.20. The first-order valence-electron chi connectivity index (χ1n) is 7.18. The third-order valence-corrected chi connectivity index (χ3v) is 6.68. The monoisotopic (exact) mass is 325 g/mol. The van der Waals surface area contributed by atoms with E-state index in [1.54, 1.807) is 22.6 Å². The molecule has 1 aliphatic rings. The molecule has 114 valence electrons. The molecule has 3 rings (SSSR count). The fraction of sp³-hybridized carbons (Fsp3) is 0.500. The first kappa shape index (κ1) is 14.7. The molecule has 0 atom stereocenters. The summed E-state index contributed by atoms with van der Waals surface area (Å²) in [5.74, 6) is 0.183. The summed E-state index contributed by atoms with van der Waals surface area (Å²) in [5, 5.41) is 4.37. The zero-order valence-corrected chi connectivity index (χ0v) is 13.6. The van der Waals surface area contributed by atoms with Crippen molar-refractivity contribution >= 4 is 36.7 Å². The van der Waals surface area contributed by atoms with Crippen molar-refractivity contribution in [1.29, 1.82) is 0 Å². The van der Waals surface area contributed by atoms with E-state index in [2.05, 4.69) is 16.4 Å². The van der Waals surface area contributed by atoms with Crippen molar-refractivity contribution in [2.24, 2.45) is 0 Å². The van der Waals surface area contributed by atoms with Gasteiger partial charge in [0.25, 0.3) is 0 Å². The minimum Gasteiger partial charge on any atom is -0.359 e. The molecule has 1 saturated heterocycles. The van der Waals surface area contributed by atoms with E-state index in [1.165, 1.54) is 4.70 Å². The summed E-state index contributed by atoms with van der Waals surface area (Å²) in [5.41, 5.74) is 1.01. The summed E-state index contributed by atoms with van der Waals surface area (Å²) in [7, 11) is -3.05. The minimum absolute atomic E-state index is 0.183. The Morgan fingerprint density at radius 3 is 2.71 bits per heavy atom. The lowest BCUT2D eigenvalue weighted by molar-refractivity contribution is 0.330. The van der Waals surface area contributed by atoms with E-state index in [0.29, 0.717) is 19.1 Å². The number of para-hydroxylation sites is 1. The highest BCUT2D eigenvalue weighted by molar-refractivity contribution is 7.89. The summed E-state index contributed by atoms with van der Waals surface area (Å²) >= 11 is 1.65. The molecule has 2 heterocycles. The summed E-state index contributed by atoms with van der Waals surface area (Å²) in [6.07, 6.45) is 1.66. The van der Waals surface area contributed by atoms with Gasteiger partial charge >= 0.3 is 0 Å². The Morgan fingerprint density at radius 2 is 2.05 bits per heavy atom. The van der Waals surface area contributed by atoms with Gasteiger partial charge < -0.3 is 5.32 Å². The van der Waals surface area contributed by atoms with E-state index < -0.39 is 10.0 Å². The highest BCUT2D eigenvalue weighted by atomic mass is 32.2. The topological polar surface area (TPSA) is 62.3 Å². The Morgan fingerprint density at radius 1 is 1.33 bits per heavy atom. The molecule has 0 radical (unpaired) electrons. The van der Waals surface area contributed by atoms with Crippen LogP contribution in [0.4, 0.5) is 5.13 Å². The maximum absolute atomic E-state index is 11.8. The zero-order chi connectivity index (χ0) is 14.9. The summed E-state index contributed by atoms with van der Waals surface area (Å²) in [4.78, 5) is 4.57. The Bertz CT molecular complexity index is 686. The second-order valence-corrected chi connectivity index (χ2v) is 8.49. The number of nitrogens with one attached hydrogen (secondary N) is 1. The smallest absolute Gasteiger partial charge is 0.213 e. The Hall–Kier alpha value is -1.18. The van der Waals surface area contributed by atoms with Crippen LogP contribution in [0.3, 0.4) is 0 Å². The molecule has 21 heavy (non-hydrogen) atoms. The lowest BCUT2D eigenvalue weighted by Gasteiger charge is -2.31. The molecule has 1 N–H and O–H groups in total. The summed E-state index contributed by atoms with van der Waals surface area (Å²) in [6.45, 7) is 2.89. The van der Waals surface area contributed by atoms with Crippen molar-refractivity contribution < 1.29 is 8.42 Å². The molecule has 0 unspecified atom stereocenters. The quantitative estimate of drug-likeness (QED) is 0.938. The number of sulfonamides is 1. The molecule has 5 nitrogen and oxygen atoms in total. The second-order valence-electron chi connectivity index (χ2n) is 5.20. The highest BCUT2D eigenvalue weighted by Gasteiger charge is 2.26. The minimum atomic E-state index is -3.05. The largest absolute Gasteiger partial charge is 0.359 e. The lowest BCUT2D eigenvalue weighted by Crippen LogP contribution is -2.42. The standard InChI is InChI=1S/C14H19N3O2S2/c1-2-21(18,19)17-9-7-11(8-10-17)15-14-16-12-5-3-4-6-13(12)20-14/h3-6,11H,2,7-10H2,1H3,(H,15,16). The molecule has 7 heteroatoms. The Labute approximate surface area is 129 Å². The number of fused-ring (bicyclic) bond motifs is 1. The normalized spacial score (nSPS) is 18.1. The number of piperidine rings is 1. The van der Waals surface area contributed by atoms with E-state index in [4.69, 9.17) is 0 Å². The van der Waals surface area contributed by atoms with Crippen molar-refractivity contribution in [3.63, 3.8) is 0 Å². The van der Waals surface area contributed by atoms with Crippen molar-refractivity contribution in [2.75, 3.05) is 24.2 Å². The summed E-state index contributed by atoms with van der Waals surface area (Å²) in [6, 6.07) is 8.37. The van der Waals surface area contributed by atoms with E-state index in [9.17, 15) is 8.42 Å². The van der Waals surface area contributed by atoms with Gasteiger partial charge in [-0.1, -0.05) is 23.5 Å². The number of nitrogens with zero attached hydrogens (tertiary/aromatic N) is 2. The third-order valence-electron chi connectivity index (χ3n) is 3.83. The van der Waals surface area contributed by atoms with E-state index >= 15 is 0 Å². The molecule has 2 aromatic rings. The number of rotatable bonds is 4. The van der Waals surface area contributed by atoms with Gasteiger partial charge in [-0.3, -0.25) is 0 Å². The number of benzene rings is 1. The average Bonchev–Trinajstić information content (AvgIpc) is 2.90. The molecule has 1 aromatic carbocycles. The zero-order valence-electron chi connectivity index (χ0n) is 11.9.